The van der Waals surface area contributed by atoms with Gasteiger partial charge in [0.2, 0.25) is 0 Å². The molecule has 1 aliphatic rings. The predicted molar refractivity (Wildman–Crippen MR) is 153 cm³/mol. The number of rotatable bonds is 10. The minimum atomic E-state index is -0.998. The van der Waals surface area contributed by atoms with E-state index in [1.165, 1.54) is 11.5 Å². The number of hydrogen-bond donors (Lipinski definition) is 1. The Kier molecular flexibility index (Phi) is 8.47. The van der Waals surface area contributed by atoms with Gasteiger partial charge >= 0.3 is 11.7 Å². The maximum Gasteiger partial charge on any atom is 0.351 e. The fourth-order valence-corrected chi connectivity index (χ4v) is 5.31. The quantitative estimate of drug-likeness (QED) is 0.227. The number of esters is 1. The highest BCUT2D eigenvalue weighted by Crippen LogP contribution is 2.43. The fraction of sp³-hybridized carbons (Fsp3) is 0.281. The molecule has 1 aliphatic heterocycles. The van der Waals surface area contributed by atoms with Crippen molar-refractivity contribution in [2.24, 2.45) is 5.92 Å². The first kappa shape index (κ1) is 28.1. The summed E-state index contributed by atoms with van der Waals surface area (Å²) in [7, 11) is 1.63. The number of nitrogens with two attached hydrogens (primary N) is 1. The Morgan fingerprint density at radius 2 is 1.56 bits per heavy atom. The third kappa shape index (κ3) is 6.01. The summed E-state index contributed by atoms with van der Waals surface area (Å²) in [4.78, 5) is 28.1. The number of benzene rings is 3. The Labute approximate surface area is 238 Å². The topological polar surface area (TPSA) is 115 Å². The molecule has 41 heavy (non-hydrogen) atoms. The number of anilines is 1. The average Bonchev–Trinajstić information content (AvgIpc) is 3.40. The van der Waals surface area contributed by atoms with E-state index in [1.807, 2.05) is 84.9 Å². The third-order valence-electron chi connectivity index (χ3n) is 7.35. The molecule has 3 atom stereocenters. The van der Waals surface area contributed by atoms with Crippen molar-refractivity contribution in [1.82, 2.24) is 9.55 Å². The van der Waals surface area contributed by atoms with Crippen LogP contribution in [-0.4, -0.2) is 41.9 Å². The van der Waals surface area contributed by atoms with Crippen molar-refractivity contribution in [3.8, 4) is 5.75 Å². The first-order valence-corrected chi connectivity index (χ1v) is 13.4. The van der Waals surface area contributed by atoms with Gasteiger partial charge in [0.15, 0.2) is 0 Å². The molecule has 0 aliphatic carbocycles. The lowest BCUT2D eigenvalue weighted by molar-refractivity contribution is -0.144. The molecule has 9 nitrogen and oxygen atoms in total. The van der Waals surface area contributed by atoms with Crippen LogP contribution in [0.2, 0.25) is 0 Å². The van der Waals surface area contributed by atoms with Crippen LogP contribution >= 0.6 is 0 Å². The van der Waals surface area contributed by atoms with E-state index in [0.717, 1.165) is 22.4 Å². The molecule has 0 saturated carbocycles. The van der Waals surface area contributed by atoms with Crippen molar-refractivity contribution in [2.45, 2.75) is 31.3 Å². The van der Waals surface area contributed by atoms with Crippen LogP contribution in [0.15, 0.2) is 102 Å². The molecule has 9 heteroatoms. The van der Waals surface area contributed by atoms with E-state index < -0.39 is 23.6 Å². The summed E-state index contributed by atoms with van der Waals surface area (Å²) in [6.07, 6.45) is 0.887. The molecular weight excluding hydrogens is 522 g/mol. The molecule has 1 aromatic heterocycles. The first-order valence-electron chi connectivity index (χ1n) is 13.4. The van der Waals surface area contributed by atoms with Crippen LogP contribution in [0, 0.1) is 5.92 Å². The number of nitrogen functional groups attached to an aromatic ring is 1. The monoisotopic (exact) mass is 555 g/mol. The number of carbonyl (C=O) groups excluding carboxylic acids is 1. The standard InChI is InChI=1S/C32H33N3O6/c1-22(36)39-20-23-19-30(35-18-17-29(33)34-31(35)37)41-28(23)21-40-32(24-9-5-3-6-10-24,25-11-7-4-8-12-25)26-13-15-27(38-2)16-14-26/h3-18,23,28,30H,19-21H2,1-2H3,(H2,33,34,37)/t23-,28+,30+/m0/s1. The van der Waals surface area contributed by atoms with E-state index in [0.29, 0.717) is 6.42 Å². The Hall–Kier alpha value is -4.47. The first-order chi connectivity index (χ1) is 19.9. The highest BCUT2D eigenvalue weighted by atomic mass is 16.6. The molecule has 1 saturated heterocycles. The summed E-state index contributed by atoms with van der Waals surface area (Å²) >= 11 is 0. The molecule has 2 N–H and O–H groups in total. The molecule has 0 radical (unpaired) electrons. The molecule has 4 aromatic rings. The van der Waals surface area contributed by atoms with Crippen molar-refractivity contribution in [3.05, 3.63) is 124 Å². The largest absolute Gasteiger partial charge is 0.497 e. The van der Waals surface area contributed by atoms with Gasteiger partial charge in [-0.2, -0.15) is 4.98 Å². The summed E-state index contributed by atoms with van der Waals surface area (Å²) in [5.74, 6) is 0.249. The number of methoxy groups -OCH3 is 1. The van der Waals surface area contributed by atoms with Crippen molar-refractivity contribution in [3.63, 3.8) is 0 Å². The van der Waals surface area contributed by atoms with Crippen LogP contribution in [0.25, 0.3) is 0 Å². The molecule has 0 bridgehead atoms. The zero-order valence-corrected chi connectivity index (χ0v) is 23.0. The highest BCUT2D eigenvalue weighted by Gasteiger charge is 2.42. The van der Waals surface area contributed by atoms with Crippen LogP contribution in [0.4, 0.5) is 5.82 Å². The second kappa shape index (κ2) is 12.4. The van der Waals surface area contributed by atoms with Gasteiger partial charge < -0.3 is 24.7 Å². The summed E-state index contributed by atoms with van der Waals surface area (Å²) < 4.78 is 25.6. The molecule has 1 fully saturated rings. The molecule has 0 amide bonds. The average molecular weight is 556 g/mol. The number of nitrogens with zero attached hydrogens (tertiary/aromatic N) is 2. The highest BCUT2D eigenvalue weighted by molar-refractivity contribution is 5.65. The van der Waals surface area contributed by atoms with Gasteiger partial charge in [-0.25, -0.2) is 4.79 Å². The smallest absolute Gasteiger partial charge is 0.351 e. The van der Waals surface area contributed by atoms with Gasteiger partial charge in [-0.15, -0.1) is 0 Å². The van der Waals surface area contributed by atoms with Gasteiger partial charge in [-0.3, -0.25) is 9.36 Å². The van der Waals surface area contributed by atoms with Crippen LogP contribution in [0.3, 0.4) is 0 Å². The maximum atomic E-state index is 12.6. The summed E-state index contributed by atoms with van der Waals surface area (Å²) in [6.45, 7) is 1.64. The van der Waals surface area contributed by atoms with Crippen LogP contribution in [0.5, 0.6) is 5.75 Å². The minimum Gasteiger partial charge on any atom is -0.497 e. The Balaban J connectivity index is 1.54. The van der Waals surface area contributed by atoms with Crippen molar-refractivity contribution >= 4 is 11.8 Å². The molecule has 0 spiro atoms. The minimum absolute atomic E-state index is 0.128. The van der Waals surface area contributed by atoms with Crippen molar-refractivity contribution < 1.29 is 23.7 Å². The SMILES string of the molecule is COc1ccc(C(OC[C@H]2O[C@@H](n3ccc(N)nc3=O)C[C@H]2COC(C)=O)(c2ccccc2)c2ccccc2)cc1. The third-order valence-corrected chi connectivity index (χ3v) is 7.35. The van der Waals surface area contributed by atoms with Gasteiger partial charge in [0, 0.05) is 25.5 Å². The number of hydrogen-bond acceptors (Lipinski definition) is 8. The van der Waals surface area contributed by atoms with Crippen molar-refractivity contribution in [1.29, 1.82) is 0 Å². The number of aromatic nitrogens is 2. The Morgan fingerprint density at radius 3 is 2.12 bits per heavy atom. The number of ether oxygens (including phenoxy) is 4. The Bertz CT molecular complexity index is 1470. The summed E-state index contributed by atoms with van der Waals surface area (Å²) in [6, 6.07) is 29.3. The second-order valence-electron chi connectivity index (χ2n) is 9.92. The molecule has 2 heterocycles. The van der Waals surface area contributed by atoms with Crippen LogP contribution in [0.1, 0.15) is 36.3 Å². The summed E-state index contributed by atoms with van der Waals surface area (Å²) in [5, 5.41) is 0. The zero-order valence-electron chi connectivity index (χ0n) is 23.0. The second-order valence-corrected chi connectivity index (χ2v) is 9.92. The lowest BCUT2D eigenvalue weighted by Crippen LogP contribution is -2.37. The van der Waals surface area contributed by atoms with Gasteiger partial charge in [-0.1, -0.05) is 72.8 Å². The lowest BCUT2D eigenvalue weighted by atomic mass is 9.80. The van der Waals surface area contributed by atoms with Gasteiger partial charge in [0.1, 0.15) is 23.4 Å². The lowest BCUT2D eigenvalue weighted by Gasteiger charge is -2.37. The predicted octanol–water partition coefficient (Wildman–Crippen LogP) is 4.31. The van der Waals surface area contributed by atoms with E-state index in [1.54, 1.807) is 19.4 Å². The molecule has 212 valence electrons. The van der Waals surface area contributed by atoms with Crippen LogP contribution in [-0.2, 0) is 24.6 Å². The molecule has 0 unspecified atom stereocenters. The van der Waals surface area contributed by atoms with Gasteiger partial charge in [0.25, 0.3) is 0 Å². The fourth-order valence-electron chi connectivity index (χ4n) is 5.31. The normalized spacial score (nSPS) is 18.6. The van der Waals surface area contributed by atoms with E-state index in [4.69, 9.17) is 24.7 Å². The van der Waals surface area contributed by atoms with E-state index >= 15 is 0 Å². The summed E-state index contributed by atoms with van der Waals surface area (Å²) in [5.41, 5.74) is 6.95. The van der Waals surface area contributed by atoms with Gasteiger partial charge in [0.05, 0.1) is 26.4 Å². The molecular formula is C32H33N3O6. The number of carbonyl (C=O) groups is 1. The zero-order chi connectivity index (χ0) is 28.8. The van der Waals surface area contributed by atoms with E-state index in [9.17, 15) is 9.59 Å². The Morgan fingerprint density at radius 1 is 0.951 bits per heavy atom. The van der Waals surface area contributed by atoms with Gasteiger partial charge in [-0.05, 0) is 34.9 Å². The van der Waals surface area contributed by atoms with E-state index in [2.05, 4.69) is 4.98 Å². The van der Waals surface area contributed by atoms with E-state index in [-0.39, 0.29) is 30.9 Å². The molecule has 3 aromatic carbocycles. The van der Waals surface area contributed by atoms with Crippen molar-refractivity contribution in [2.75, 3.05) is 26.1 Å². The van der Waals surface area contributed by atoms with Crippen LogP contribution < -0.4 is 16.2 Å². The maximum absolute atomic E-state index is 12.6. The molecule has 5 rings (SSSR count).